The summed E-state index contributed by atoms with van der Waals surface area (Å²) in [5.41, 5.74) is 0.631. The third-order valence-corrected chi connectivity index (χ3v) is 2.31. The van der Waals surface area contributed by atoms with Crippen molar-refractivity contribution in [2.45, 2.75) is 20.0 Å². The minimum absolute atomic E-state index is 0.0638. The van der Waals surface area contributed by atoms with Crippen molar-refractivity contribution in [3.8, 4) is 5.75 Å². The lowest BCUT2D eigenvalue weighted by molar-refractivity contribution is 0.0950. The Bertz CT molecular complexity index is 389. The summed E-state index contributed by atoms with van der Waals surface area (Å²) < 4.78 is 5.56. The Morgan fingerprint density at radius 1 is 1.39 bits per heavy atom. The fourth-order valence-electron chi connectivity index (χ4n) is 1.48. The quantitative estimate of drug-likeness (QED) is 0.836. The molecule has 0 saturated carbocycles. The lowest BCUT2D eigenvalue weighted by Crippen LogP contribution is -2.31. The van der Waals surface area contributed by atoms with E-state index in [2.05, 4.69) is 5.32 Å². The Morgan fingerprint density at radius 2 is 2.11 bits per heavy atom. The monoisotopic (exact) mass is 250 g/mol. The number of rotatable bonds is 6. The van der Waals surface area contributed by atoms with E-state index < -0.39 is 0 Å². The molecule has 0 aliphatic rings. The molecule has 4 nitrogen and oxygen atoms in total. The van der Waals surface area contributed by atoms with E-state index in [-0.39, 0.29) is 12.0 Å². The van der Waals surface area contributed by atoms with Crippen LogP contribution in [0.2, 0.25) is 0 Å². The van der Waals surface area contributed by atoms with Gasteiger partial charge in [-0.3, -0.25) is 4.79 Å². The van der Waals surface area contributed by atoms with Crippen LogP contribution in [0.3, 0.4) is 0 Å². The molecule has 0 saturated heterocycles. The van der Waals surface area contributed by atoms with Crippen LogP contribution in [0.25, 0.3) is 0 Å². The van der Waals surface area contributed by atoms with Gasteiger partial charge < -0.3 is 15.0 Å². The van der Waals surface area contributed by atoms with Crippen LogP contribution in [0.1, 0.15) is 24.2 Å². The summed E-state index contributed by atoms with van der Waals surface area (Å²) in [5.74, 6) is 0.663. The maximum atomic E-state index is 11.9. The summed E-state index contributed by atoms with van der Waals surface area (Å²) >= 11 is 0. The SMILES string of the molecule is CC(C)Oc1cccc(C(=O)NCCN(C)C)c1. The van der Waals surface area contributed by atoms with Crippen LogP contribution in [0, 0.1) is 0 Å². The minimum Gasteiger partial charge on any atom is -0.491 e. The van der Waals surface area contributed by atoms with Crippen molar-refractivity contribution in [2.24, 2.45) is 0 Å². The predicted molar refractivity (Wildman–Crippen MR) is 73.1 cm³/mol. The molecule has 0 bridgehead atoms. The normalized spacial score (nSPS) is 10.8. The second-order valence-electron chi connectivity index (χ2n) is 4.75. The van der Waals surface area contributed by atoms with Crippen molar-refractivity contribution in [3.63, 3.8) is 0 Å². The number of hydrogen-bond acceptors (Lipinski definition) is 3. The first kappa shape index (κ1) is 14.5. The summed E-state index contributed by atoms with van der Waals surface area (Å²) in [5, 5.41) is 2.87. The second-order valence-corrected chi connectivity index (χ2v) is 4.75. The molecule has 1 aromatic rings. The van der Waals surface area contributed by atoms with Crippen LogP contribution in [-0.4, -0.2) is 44.1 Å². The third kappa shape index (κ3) is 5.19. The number of likely N-dealkylation sites (N-methyl/N-ethyl adjacent to an activating group) is 1. The van der Waals surface area contributed by atoms with Crippen LogP contribution < -0.4 is 10.1 Å². The number of carbonyl (C=O) groups excluding carboxylic acids is 1. The molecule has 1 rings (SSSR count). The lowest BCUT2D eigenvalue weighted by Gasteiger charge is -2.12. The first-order valence-electron chi connectivity index (χ1n) is 6.18. The number of nitrogens with one attached hydrogen (secondary N) is 1. The molecule has 1 N–H and O–H groups in total. The molecular formula is C14H22N2O2. The van der Waals surface area contributed by atoms with E-state index in [1.165, 1.54) is 0 Å². The summed E-state index contributed by atoms with van der Waals surface area (Å²) in [7, 11) is 3.95. The first-order chi connectivity index (χ1) is 8.49. The van der Waals surface area contributed by atoms with Gasteiger partial charge in [-0.05, 0) is 46.1 Å². The molecular weight excluding hydrogens is 228 g/mol. The zero-order valence-electron chi connectivity index (χ0n) is 11.6. The van der Waals surface area contributed by atoms with Gasteiger partial charge in [-0.15, -0.1) is 0 Å². The Hall–Kier alpha value is -1.55. The van der Waals surface area contributed by atoms with Gasteiger partial charge in [0.15, 0.2) is 0 Å². The summed E-state index contributed by atoms with van der Waals surface area (Å²) in [6.07, 6.45) is 0.108. The Morgan fingerprint density at radius 3 is 2.72 bits per heavy atom. The maximum Gasteiger partial charge on any atom is 0.251 e. The number of nitrogens with zero attached hydrogens (tertiary/aromatic N) is 1. The van der Waals surface area contributed by atoms with E-state index in [0.717, 1.165) is 12.3 Å². The van der Waals surface area contributed by atoms with Crippen LogP contribution in [-0.2, 0) is 0 Å². The summed E-state index contributed by atoms with van der Waals surface area (Å²) in [6.45, 7) is 5.39. The fraction of sp³-hybridized carbons (Fsp3) is 0.500. The largest absolute Gasteiger partial charge is 0.491 e. The number of ether oxygens (including phenoxy) is 1. The number of carbonyl (C=O) groups is 1. The van der Waals surface area contributed by atoms with E-state index in [1.807, 2.05) is 45.0 Å². The zero-order chi connectivity index (χ0) is 13.5. The molecule has 1 aromatic carbocycles. The maximum absolute atomic E-state index is 11.9. The highest BCUT2D eigenvalue weighted by Crippen LogP contribution is 2.14. The standard InChI is InChI=1S/C14H22N2O2/c1-11(2)18-13-7-5-6-12(10-13)14(17)15-8-9-16(3)4/h5-7,10-11H,8-9H2,1-4H3,(H,15,17). The van der Waals surface area contributed by atoms with Crippen molar-refractivity contribution < 1.29 is 9.53 Å². The van der Waals surface area contributed by atoms with Gasteiger partial charge in [0.05, 0.1) is 6.10 Å². The van der Waals surface area contributed by atoms with Crippen molar-refractivity contribution in [1.29, 1.82) is 0 Å². The Kier molecular flexibility index (Phi) is 5.65. The minimum atomic E-state index is -0.0638. The third-order valence-electron chi connectivity index (χ3n) is 2.31. The highest BCUT2D eigenvalue weighted by atomic mass is 16.5. The van der Waals surface area contributed by atoms with Gasteiger partial charge in [-0.1, -0.05) is 6.07 Å². The molecule has 0 spiro atoms. The van der Waals surface area contributed by atoms with Crippen molar-refractivity contribution in [3.05, 3.63) is 29.8 Å². The smallest absolute Gasteiger partial charge is 0.251 e. The Labute approximate surface area is 109 Å². The molecule has 0 atom stereocenters. The van der Waals surface area contributed by atoms with Gasteiger partial charge in [0.25, 0.3) is 5.91 Å². The molecule has 0 aliphatic heterocycles. The van der Waals surface area contributed by atoms with E-state index >= 15 is 0 Å². The van der Waals surface area contributed by atoms with Gasteiger partial charge in [-0.2, -0.15) is 0 Å². The van der Waals surface area contributed by atoms with Gasteiger partial charge in [-0.25, -0.2) is 0 Å². The van der Waals surface area contributed by atoms with Crippen LogP contribution in [0.15, 0.2) is 24.3 Å². The zero-order valence-corrected chi connectivity index (χ0v) is 11.6. The average molecular weight is 250 g/mol. The van der Waals surface area contributed by atoms with E-state index in [0.29, 0.717) is 12.1 Å². The summed E-state index contributed by atoms with van der Waals surface area (Å²) in [6, 6.07) is 7.25. The molecule has 18 heavy (non-hydrogen) atoms. The molecule has 1 amide bonds. The lowest BCUT2D eigenvalue weighted by atomic mass is 10.2. The first-order valence-corrected chi connectivity index (χ1v) is 6.18. The molecule has 0 radical (unpaired) electrons. The van der Waals surface area contributed by atoms with E-state index in [1.54, 1.807) is 12.1 Å². The predicted octanol–water partition coefficient (Wildman–Crippen LogP) is 1.77. The number of amides is 1. The van der Waals surface area contributed by atoms with Gasteiger partial charge in [0.2, 0.25) is 0 Å². The summed E-state index contributed by atoms with van der Waals surface area (Å²) in [4.78, 5) is 13.9. The molecule has 0 unspecified atom stereocenters. The van der Waals surface area contributed by atoms with Crippen molar-refractivity contribution in [1.82, 2.24) is 10.2 Å². The average Bonchev–Trinajstić information content (AvgIpc) is 2.27. The molecule has 0 aromatic heterocycles. The molecule has 4 heteroatoms. The molecule has 0 fully saturated rings. The highest BCUT2D eigenvalue weighted by molar-refractivity contribution is 5.94. The van der Waals surface area contributed by atoms with Crippen LogP contribution in [0.5, 0.6) is 5.75 Å². The van der Waals surface area contributed by atoms with E-state index in [9.17, 15) is 4.79 Å². The van der Waals surface area contributed by atoms with Crippen LogP contribution in [0.4, 0.5) is 0 Å². The highest BCUT2D eigenvalue weighted by Gasteiger charge is 2.06. The molecule has 0 heterocycles. The fourth-order valence-corrected chi connectivity index (χ4v) is 1.48. The van der Waals surface area contributed by atoms with Crippen molar-refractivity contribution >= 4 is 5.91 Å². The number of hydrogen-bond donors (Lipinski definition) is 1. The molecule has 100 valence electrons. The van der Waals surface area contributed by atoms with Gasteiger partial charge in [0.1, 0.15) is 5.75 Å². The van der Waals surface area contributed by atoms with Gasteiger partial charge in [0, 0.05) is 18.7 Å². The second kappa shape index (κ2) is 7.01. The Balaban J connectivity index is 2.57. The van der Waals surface area contributed by atoms with Crippen molar-refractivity contribution in [2.75, 3.05) is 27.2 Å². The van der Waals surface area contributed by atoms with Gasteiger partial charge >= 0.3 is 0 Å². The number of benzene rings is 1. The van der Waals surface area contributed by atoms with E-state index in [4.69, 9.17) is 4.74 Å². The van der Waals surface area contributed by atoms with Crippen LogP contribution >= 0.6 is 0 Å². The topological polar surface area (TPSA) is 41.6 Å². The molecule has 0 aliphatic carbocycles.